The van der Waals surface area contributed by atoms with Crippen molar-refractivity contribution in [3.8, 4) is 0 Å². The third-order valence-corrected chi connectivity index (χ3v) is 9.54. The molecule has 0 aromatic heterocycles. The number of carbonyl (C=O) groups is 2. The molecule has 46 heavy (non-hydrogen) atoms. The van der Waals surface area contributed by atoms with Crippen LogP contribution in [0, 0.1) is 0 Å². The van der Waals surface area contributed by atoms with Gasteiger partial charge in [0.25, 0.3) is 0 Å². The van der Waals surface area contributed by atoms with Gasteiger partial charge in [-0.2, -0.15) is 26.3 Å². The molecule has 0 aliphatic rings. The fraction of sp³-hybridized carbons (Fsp3) is 0.133. The van der Waals surface area contributed by atoms with E-state index in [-0.39, 0.29) is 27.1 Å². The van der Waals surface area contributed by atoms with Crippen molar-refractivity contribution >= 4 is 31.6 Å². The van der Waals surface area contributed by atoms with Gasteiger partial charge < -0.3 is 10.2 Å². The first-order valence-electron chi connectivity index (χ1n) is 12.6. The van der Waals surface area contributed by atoms with Crippen LogP contribution in [0.25, 0.3) is 0 Å². The predicted octanol–water partition coefficient (Wildman–Crippen LogP) is 6.76. The Morgan fingerprint density at radius 2 is 0.935 bits per heavy atom. The van der Waals surface area contributed by atoms with E-state index in [1.807, 2.05) is 0 Å². The standard InChI is InChI=1S/2C15H11F3O4S/c16-15(17,18)12-2-1-3-13(8-12)23(21,22)9-10-4-6-11(7-5-10)14(19)20;16-15(17,18)12-3-1-2-10(8-12)9-23(21,22)13-6-4-11(5-7-13)14(19)20/h2*1-8H,9H2,(H,19,20). The number of carboxylic acids is 2. The van der Waals surface area contributed by atoms with E-state index in [0.717, 1.165) is 60.7 Å². The van der Waals surface area contributed by atoms with E-state index in [9.17, 15) is 52.8 Å². The van der Waals surface area contributed by atoms with Gasteiger partial charge in [-0.1, -0.05) is 36.4 Å². The van der Waals surface area contributed by atoms with Gasteiger partial charge in [0.05, 0.1) is 43.6 Å². The molecule has 8 nitrogen and oxygen atoms in total. The largest absolute Gasteiger partial charge is 0.478 e. The van der Waals surface area contributed by atoms with Crippen LogP contribution in [0.2, 0.25) is 0 Å². The second kappa shape index (κ2) is 13.7. The highest BCUT2D eigenvalue weighted by Crippen LogP contribution is 2.32. The van der Waals surface area contributed by atoms with Crippen LogP contribution in [0.15, 0.2) is 107 Å². The lowest BCUT2D eigenvalue weighted by atomic mass is 10.1. The Bertz CT molecular complexity index is 1940. The van der Waals surface area contributed by atoms with Gasteiger partial charge in [0.1, 0.15) is 0 Å². The lowest BCUT2D eigenvalue weighted by Gasteiger charge is -2.09. The first-order chi connectivity index (χ1) is 21.2. The van der Waals surface area contributed by atoms with Gasteiger partial charge >= 0.3 is 24.3 Å². The van der Waals surface area contributed by atoms with Crippen LogP contribution in [0.1, 0.15) is 43.0 Å². The van der Waals surface area contributed by atoms with Crippen LogP contribution < -0.4 is 0 Å². The number of sulfone groups is 2. The van der Waals surface area contributed by atoms with E-state index in [0.29, 0.717) is 6.07 Å². The fourth-order valence-corrected chi connectivity index (χ4v) is 6.58. The van der Waals surface area contributed by atoms with Gasteiger partial charge in [-0.15, -0.1) is 0 Å². The molecule has 0 saturated carbocycles. The molecule has 2 N–H and O–H groups in total. The van der Waals surface area contributed by atoms with Gasteiger partial charge in [-0.3, -0.25) is 0 Å². The molecular formula is C30H22F6O8S2. The van der Waals surface area contributed by atoms with E-state index in [2.05, 4.69) is 0 Å². The Morgan fingerprint density at radius 1 is 0.522 bits per heavy atom. The summed E-state index contributed by atoms with van der Waals surface area (Å²) in [5.41, 5.74) is -1.77. The highest BCUT2D eigenvalue weighted by atomic mass is 32.2. The molecule has 0 fully saturated rings. The van der Waals surface area contributed by atoms with Crippen molar-refractivity contribution in [3.05, 3.63) is 130 Å². The van der Waals surface area contributed by atoms with Crippen molar-refractivity contribution < 1.29 is 63.0 Å². The van der Waals surface area contributed by atoms with Gasteiger partial charge in [-0.25, -0.2) is 26.4 Å². The van der Waals surface area contributed by atoms with Crippen LogP contribution in [0.5, 0.6) is 0 Å². The average Bonchev–Trinajstić information content (AvgIpc) is 2.97. The Morgan fingerprint density at radius 3 is 1.41 bits per heavy atom. The topological polar surface area (TPSA) is 143 Å². The van der Waals surface area contributed by atoms with E-state index >= 15 is 0 Å². The lowest BCUT2D eigenvalue weighted by Crippen LogP contribution is -2.09. The summed E-state index contributed by atoms with van der Waals surface area (Å²) in [4.78, 5) is 20.9. The lowest BCUT2D eigenvalue weighted by molar-refractivity contribution is -0.138. The minimum absolute atomic E-state index is 0.00198. The monoisotopic (exact) mass is 688 g/mol. The van der Waals surface area contributed by atoms with Gasteiger partial charge in [-0.05, 0) is 71.8 Å². The molecule has 0 spiro atoms. The summed E-state index contributed by atoms with van der Waals surface area (Å²) in [7, 11) is -7.85. The van der Waals surface area contributed by atoms with Crippen molar-refractivity contribution in [1.82, 2.24) is 0 Å². The second-order valence-electron chi connectivity index (χ2n) is 9.57. The molecule has 4 aromatic rings. The first kappa shape index (κ1) is 35.8. The molecule has 0 aliphatic carbocycles. The van der Waals surface area contributed by atoms with Crippen LogP contribution in [0.4, 0.5) is 26.3 Å². The predicted molar refractivity (Wildman–Crippen MR) is 151 cm³/mol. The minimum atomic E-state index is -4.63. The molecule has 4 aromatic carbocycles. The summed E-state index contributed by atoms with van der Waals surface area (Å²) in [6.07, 6.45) is -9.18. The number of hydrogen-bond donors (Lipinski definition) is 2. The number of halogens is 6. The maximum absolute atomic E-state index is 12.7. The number of aromatic carboxylic acids is 2. The highest BCUT2D eigenvalue weighted by molar-refractivity contribution is 7.91. The van der Waals surface area contributed by atoms with E-state index in [4.69, 9.17) is 10.2 Å². The minimum Gasteiger partial charge on any atom is -0.478 e. The number of hydrogen-bond acceptors (Lipinski definition) is 6. The van der Waals surface area contributed by atoms with Crippen LogP contribution in [0.3, 0.4) is 0 Å². The maximum Gasteiger partial charge on any atom is 0.416 e. The summed E-state index contributed by atoms with van der Waals surface area (Å²) < 4.78 is 125. The van der Waals surface area contributed by atoms with Crippen molar-refractivity contribution in [2.45, 2.75) is 33.6 Å². The zero-order chi connectivity index (χ0) is 34.5. The summed E-state index contributed by atoms with van der Waals surface area (Å²) >= 11 is 0. The molecule has 244 valence electrons. The summed E-state index contributed by atoms with van der Waals surface area (Å²) in [6.45, 7) is 0. The molecule has 0 atom stereocenters. The zero-order valence-corrected chi connectivity index (χ0v) is 24.7. The Balaban J connectivity index is 0.000000250. The van der Waals surface area contributed by atoms with Crippen molar-refractivity contribution in [2.75, 3.05) is 0 Å². The first-order valence-corrected chi connectivity index (χ1v) is 15.9. The van der Waals surface area contributed by atoms with Crippen LogP contribution in [-0.4, -0.2) is 39.0 Å². The van der Waals surface area contributed by atoms with E-state index in [1.54, 1.807) is 0 Å². The molecule has 0 amide bonds. The molecule has 0 aliphatic heterocycles. The van der Waals surface area contributed by atoms with Crippen molar-refractivity contribution in [1.29, 1.82) is 0 Å². The maximum atomic E-state index is 12.7. The number of benzene rings is 4. The van der Waals surface area contributed by atoms with Gasteiger partial charge in [0.15, 0.2) is 19.7 Å². The molecule has 0 radical (unpaired) electrons. The average molecular weight is 689 g/mol. The van der Waals surface area contributed by atoms with E-state index < -0.39 is 71.5 Å². The van der Waals surface area contributed by atoms with Crippen molar-refractivity contribution in [3.63, 3.8) is 0 Å². The summed E-state index contributed by atoms with van der Waals surface area (Å²) in [6, 6.07) is 17.2. The van der Waals surface area contributed by atoms with Crippen LogP contribution in [-0.2, 0) is 43.5 Å². The number of rotatable bonds is 8. The van der Waals surface area contributed by atoms with Gasteiger partial charge in [0, 0.05) is 0 Å². The fourth-order valence-electron chi connectivity index (χ4n) is 3.86. The zero-order valence-electron chi connectivity index (χ0n) is 23.1. The quantitative estimate of drug-likeness (QED) is 0.194. The number of carboxylic acid groups (broad SMARTS) is 2. The highest BCUT2D eigenvalue weighted by Gasteiger charge is 2.32. The second-order valence-corrected chi connectivity index (χ2v) is 13.6. The molecule has 0 unspecified atom stereocenters. The van der Waals surface area contributed by atoms with E-state index in [1.165, 1.54) is 30.3 Å². The molecule has 0 bridgehead atoms. The molecule has 16 heteroatoms. The Kier molecular flexibility index (Phi) is 10.7. The van der Waals surface area contributed by atoms with Crippen LogP contribution >= 0.6 is 0 Å². The molecular weight excluding hydrogens is 666 g/mol. The SMILES string of the molecule is O=C(O)c1ccc(CS(=O)(=O)c2cccc(C(F)(F)F)c2)cc1.O=C(O)c1ccc(S(=O)(=O)Cc2cccc(C(F)(F)F)c2)cc1. The summed E-state index contributed by atoms with van der Waals surface area (Å²) in [5, 5.41) is 17.5. The van der Waals surface area contributed by atoms with Gasteiger partial charge in [0.2, 0.25) is 0 Å². The molecule has 4 rings (SSSR count). The van der Waals surface area contributed by atoms with Crippen molar-refractivity contribution in [2.24, 2.45) is 0 Å². The third-order valence-electron chi connectivity index (χ3n) is 6.15. The molecule has 0 saturated heterocycles. The summed E-state index contributed by atoms with van der Waals surface area (Å²) in [5.74, 6) is -3.48. The smallest absolute Gasteiger partial charge is 0.416 e. The number of alkyl halides is 6. The Labute approximate surface area is 258 Å². The third kappa shape index (κ3) is 9.65. The molecule has 0 heterocycles. The normalized spacial score (nSPS) is 12.1. The Hall–Kier alpha value is -4.70.